The highest BCUT2D eigenvalue weighted by Gasteiger charge is 2.45. The number of fused-ring (bicyclic) bond motifs is 1. The quantitative estimate of drug-likeness (QED) is 0.107. The van der Waals surface area contributed by atoms with Crippen LogP contribution in [0.25, 0.3) is 0 Å². The first-order valence-corrected chi connectivity index (χ1v) is 27.0. The number of aliphatic hydroxyl groups is 1. The second kappa shape index (κ2) is 29.2. The molecule has 0 spiro atoms. The molecule has 6 amide bonds. The zero-order valence-electron chi connectivity index (χ0n) is 47.2. The second-order valence-corrected chi connectivity index (χ2v) is 21.8. The van der Waals surface area contributed by atoms with Gasteiger partial charge in [-0.25, -0.2) is 9.59 Å². The van der Waals surface area contributed by atoms with Crippen LogP contribution >= 0.6 is 0 Å². The Balaban J connectivity index is 1.86. The van der Waals surface area contributed by atoms with Gasteiger partial charge >= 0.3 is 18.0 Å². The van der Waals surface area contributed by atoms with Gasteiger partial charge in [-0.3, -0.25) is 38.5 Å². The van der Waals surface area contributed by atoms with Gasteiger partial charge in [-0.05, 0) is 86.5 Å². The molecule has 0 saturated carbocycles. The summed E-state index contributed by atoms with van der Waals surface area (Å²) in [5.74, 6) is -8.77. The molecular weight excluding hydrogens is 993 g/mol. The average Bonchev–Trinajstić information content (AvgIpc) is 3.89. The molecule has 2 aliphatic heterocycles. The molecule has 0 unspecified atom stereocenters. The average molecular weight is 1080 g/mol. The van der Waals surface area contributed by atoms with Gasteiger partial charge in [0.05, 0.1) is 31.6 Å². The zero-order chi connectivity index (χ0) is 57.4. The van der Waals surface area contributed by atoms with Gasteiger partial charge in [0.2, 0.25) is 29.5 Å². The summed E-state index contributed by atoms with van der Waals surface area (Å²) in [4.78, 5) is 133. The van der Waals surface area contributed by atoms with Crippen molar-refractivity contribution in [2.45, 2.75) is 175 Å². The third-order valence-corrected chi connectivity index (χ3v) is 14.4. The van der Waals surface area contributed by atoms with Gasteiger partial charge in [0.15, 0.2) is 11.9 Å². The summed E-state index contributed by atoms with van der Waals surface area (Å²) in [6.07, 6.45) is -4.96. The fraction of sp³-hybridized carbons (Fsp3) is 0.632. The molecule has 77 heavy (non-hydrogen) atoms. The van der Waals surface area contributed by atoms with Crippen LogP contribution in [0.15, 0.2) is 54.6 Å². The first kappa shape index (κ1) is 63.0. The summed E-state index contributed by atoms with van der Waals surface area (Å²) in [6, 6.07) is 7.97. The number of nitrogens with one attached hydrogen (secondary N) is 3. The van der Waals surface area contributed by atoms with Crippen molar-refractivity contribution in [2.24, 2.45) is 29.6 Å². The van der Waals surface area contributed by atoms with E-state index in [1.165, 1.54) is 44.9 Å². The summed E-state index contributed by atoms with van der Waals surface area (Å²) in [5, 5.41) is 20.1. The largest absolute Gasteiger partial charge is 0.497 e. The standard InChI is InChI=1S/C57H84N6O14/c1-14-35(8)47-45(64)30-46(65)77-50(34(6)7)49(66)36(9)51(67)58-41(27-32(2)3)54(70)63-26-18-21-42(63)55(71)61(11)44(29-38-22-24-40(74-13)25-23-38)56(72)76-37(10)48(53(69)59-47)60-52(68)43(28-33(4)5)62(12)57(73)75-31-39-19-16-15-17-20-39/h15-17,19-20,22-25,32-37,41-45,47-48,50,64H,14,18,21,26-31H2,1-13H3,(H,58,67)(H,59,69)(H,60,68)/t35-,36-,37+,41-,42-,43+,44-,45-,47-,48-,50-/m0/s1. The molecule has 0 radical (unpaired) electrons. The molecule has 11 atom stereocenters. The van der Waals surface area contributed by atoms with Gasteiger partial charge in [-0.2, -0.15) is 0 Å². The Labute approximate surface area is 454 Å². The first-order chi connectivity index (χ1) is 36.3. The highest BCUT2D eigenvalue weighted by atomic mass is 16.6. The number of hydrogen-bond donors (Lipinski definition) is 4. The number of aliphatic hydroxyl groups excluding tert-OH is 1. The van der Waals surface area contributed by atoms with E-state index in [4.69, 9.17) is 18.9 Å². The topological polar surface area (TPSA) is 257 Å². The van der Waals surface area contributed by atoms with E-state index in [1.807, 2.05) is 33.8 Å². The Morgan fingerprint density at radius 3 is 2.09 bits per heavy atom. The van der Waals surface area contributed by atoms with Crippen LogP contribution in [-0.4, -0.2) is 155 Å². The van der Waals surface area contributed by atoms with Gasteiger partial charge in [-0.1, -0.05) is 104 Å². The maximum Gasteiger partial charge on any atom is 0.410 e. The fourth-order valence-electron chi connectivity index (χ4n) is 9.55. The molecule has 0 aromatic heterocycles. The lowest BCUT2D eigenvalue weighted by atomic mass is 9.91. The monoisotopic (exact) mass is 1080 g/mol. The number of carbonyl (C=O) groups excluding carboxylic acids is 9. The molecule has 426 valence electrons. The van der Waals surface area contributed by atoms with Gasteiger partial charge in [-0.15, -0.1) is 0 Å². The van der Waals surface area contributed by atoms with E-state index < -0.39 is 132 Å². The Morgan fingerprint density at radius 1 is 0.857 bits per heavy atom. The third-order valence-electron chi connectivity index (χ3n) is 14.4. The summed E-state index contributed by atoms with van der Waals surface area (Å²) in [5.41, 5.74) is 1.30. The maximum atomic E-state index is 14.9. The minimum Gasteiger partial charge on any atom is -0.497 e. The number of ketones is 1. The molecule has 2 aromatic rings. The highest BCUT2D eigenvalue weighted by Crippen LogP contribution is 2.26. The number of cyclic esters (lactones) is 2. The van der Waals surface area contributed by atoms with Gasteiger partial charge in [0, 0.05) is 27.1 Å². The zero-order valence-corrected chi connectivity index (χ0v) is 47.2. The van der Waals surface area contributed by atoms with E-state index in [0.717, 1.165) is 4.90 Å². The molecule has 0 aliphatic carbocycles. The molecule has 4 N–H and O–H groups in total. The SMILES string of the molecule is CC[C@H](C)[C@@H]1NC(=O)[C@@H](NC(=O)[C@@H](CC(C)C)N(C)C(=O)OCc2ccccc2)[C@@H](C)OC(=O)[C@H](Cc2ccc(OC)cc2)N(C)C(=O)[C@@H]2CCCN2C(=O)[C@H](CC(C)C)NC(=O)[C@@H](C)C(=O)[C@H](C(C)C)OC(=O)C[C@@H]1O. The number of amides is 6. The van der Waals surface area contributed by atoms with Crippen molar-refractivity contribution >= 4 is 53.4 Å². The highest BCUT2D eigenvalue weighted by molar-refractivity contribution is 6.05. The summed E-state index contributed by atoms with van der Waals surface area (Å²) in [6.45, 7) is 17.0. The fourth-order valence-corrected chi connectivity index (χ4v) is 9.55. The molecule has 4 rings (SSSR count). The minimum absolute atomic E-state index is 0.0856. The number of ether oxygens (including phenoxy) is 4. The lowest BCUT2D eigenvalue weighted by molar-refractivity contribution is -0.163. The molecule has 2 heterocycles. The molecule has 20 heteroatoms. The Kier molecular flexibility index (Phi) is 23.9. The van der Waals surface area contributed by atoms with E-state index in [2.05, 4.69) is 16.0 Å². The lowest BCUT2D eigenvalue weighted by Gasteiger charge is -2.36. The molecule has 20 nitrogen and oxygen atoms in total. The van der Waals surface area contributed by atoms with Crippen LogP contribution in [0.4, 0.5) is 4.79 Å². The van der Waals surface area contributed by atoms with Crippen LogP contribution in [0.5, 0.6) is 5.75 Å². The predicted molar refractivity (Wildman–Crippen MR) is 285 cm³/mol. The Morgan fingerprint density at radius 2 is 1.51 bits per heavy atom. The maximum absolute atomic E-state index is 14.9. The van der Waals surface area contributed by atoms with E-state index in [-0.39, 0.29) is 50.7 Å². The van der Waals surface area contributed by atoms with Crippen LogP contribution in [0, 0.1) is 29.6 Å². The minimum atomic E-state index is -1.72. The number of carbonyl (C=O) groups is 9. The molecule has 2 aliphatic rings. The van der Waals surface area contributed by atoms with E-state index in [1.54, 1.807) is 76.2 Å². The van der Waals surface area contributed by atoms with Crippen molar-refractivity contribution in [2.75, 3.05) is 27.7 Å². The third kappa shape index (κ3) is 17.5. The van der Waals surface area contributed by atoms with Crippen LogP contribution in [-0.2, 0) is 65.6 Å². The van der Waals surface area contributed by atoms with Gasteiger partial charge in [0.25, 0.3) is 0 Å². The van der Waals surface area contributed by atoms with Crippen LogP contribution in [0.3, 0.4) is 0 Å². The number of esters is 2. The number of Topliss-reactive ketones (excluding diaryl/α,β-unsaturated/α-hetero) is 1. The normalized spacial score (nSPS) is 25.6. The number of rotatable bonds is 15. The van der Waals surface area contributed by atoms with Crippen LogP contribution in [0.2, 0.25) is 0 Å². The second-order valence-electron chi connectivity index (χ2n) is 21.8. The summed E-state index contributed by atoms with van der Waals surface area (Å²) >= 11 is 0. The van der Waals surface area contributed by atoms with Crippen molar-refractivity contribution in [1.29, 1.82) is 0 Å². The number of benzene rings is 2. The molecule has 2 fully saturated rings. The molecule has 2 saturated heterocycles. The predicted octanol–water partition coefficient (Wildman–Crippen LogP) is 4.75. The van der Waals surface area contributed by atoms with Gasteiger partial charge in [0.1, 0.15) is 48.7 Å². The number of hydrogen-bond acceptors (Lipinski definition) is 14. The van der Waals surface area contributed by atoms with Crippen LogP contribution < -0.4 is 20.7 Å². The first-order valence-electron chi connectivity index (χ1n) is 27.0. The number of methoxy groups -OCH3 is 1. The molecule has 2 aromatic carbocycles. The Hall–Kier alpha value is -6.57. The van der Waals surface area contributed by atoms with E-state index in [0.29, 0.717) is 29.7 Å². The van der Waals surface area contributed by atoms with Crippen molar-refractivity contribution in [3.63, 3.8) is 0 Å². The van der Waals surface area contributed by atoms with Crippen molar-refractivity contribution in [1.82, 2.24) is 30.7 Å². The van der Waals surface area contributed by atoms with Crippen molar-refractivity contribution < 1.29 is 67.2 Å². The Bertz CT molecular complexity index is 2350. The van der Waals surface area contributed by atoms with Crippen molar-refractivity contribution in [3.05, 3.63) is 65.7 Å². The number of likely N-dealkylation sites (N-methyl/N-ethyl adjacent to an activating group) is 2. The van der Waals surface area contributed by atoms with E-state index in [9.17, 15) is 48.3 Å². The summed E-state index contributed by atoms with van der Waals surface area (Å²) < 4.78 is 22.8. The van der Waals surface area contributed by atoms with Crippen molar-refractivity contribution in [3.8, 4) is 5.75 Å². The van der Waals surface area contributed by atoms with E-state index >= 15 is 0 Å². The lowest BCUT2D eigenvalue weighted by Crippen LogP contribution is -2.61. The van der Waals surface area contributed by atoms with Crippen LogP contribution in [0.1, 0.15) is 119 Å². The van der Waals surface area contributed by atoms with Gasteiger partial charge < -0.3 is 49.8 Å². The number of nitrogens with zero attached hydrogens (tertiary/aromatic N) is 3. The molecular formula is C57H84N6O14. The summed E-state index contributed by atoms with van der Waals surface area (Å²) in [7, 11) is 4.30. The molecule has 0 bridgehead atoms. The smallest absolute Gasteiger partial charge is 0.410 e.